The molecule has 3 N–H and O–H groups in total. The van der Waals surface area contributed by atoms with Gasteiger partial charge in [-0.05, 0) is 64.2 Å². The summed E-state index contributed by atoms with van der Waals surface area (Å²) in [5.74, 6) is 0. The second kappa shape index (κ2) is 19.7. The van der Waals surface area contributed by atoms with Crippen LogP contribution in [0.3, 0.4) is 0 Å². The summed E-state index contributed by atoms with van der Waals surface area (Å²) < 4.78 is 12.1. The molecule has 0 rings (SSSR count). The minimum absolute atomic E-state index is 0.0542. The predicted molar refractivity (Wildman–Crippen MR) is 147 cm³/mol. The number of rotatable bonds is 23. The highest BCUT2D eigenvalue weighted by molar-refractivity contribution is 7.53. The lowest BCUT2D eigenvalue weighted by molar-refractivity contribution is -0.875. The molecule has 202 valence electrons. The van der Waals surface area contributed by atoms with E-state index in [0.29, 0.717) is 10.9 Å². The van der Waals surface area contributed by atoms with E-state index in [1.165, 1.54) is 70.6 Å². The number of unbranched alkanes of at least 4 members (excludes halogenated alkanes) is 14. The van der Waals surface area contributed by atoms with E-state index in [-0.39, 0.29) is 13.0 Å². The van der Waals surface area contributed by atoms with Gasteiger partial charge in [0.05, 0.1) is 21.1 Å². The summed E-state index contributed by atoms with van der Waals surface area (Å²) in [6, 6.07) is 0. The molecular formula is C28H57NO4P+. The summed E-state index contributed by atoms with van der Waals surface area (Å²) in [6.45, 7) is 2.31. The molecule has 0 amide bonds. The maximum atomic E-state index is 11.8. The first-order valence-electron chi connectivity index (χ1n) is 13.9. The number of aliphatic hydroxyl groups is 1. The van der Waals surface area contributed by atoms with Crippen molar-refractivity contribution in [3.63, 3.8) is 0 Å². The quantitative estimate of drug-likeness (QED) is 0.0578. The Bertz CT molecular complexity index is 579. The van der Waals surface area contributed by atoms with Gasteiger partial charge in [0.2, 0.25) is 5.34 Å². The van der Waals surface area contributed by atoms with Gasteiger partial charge in [0.25, 0.3) is 0 Å². The standard InChI is InChI=1S/C28H56NO4P/c1-5-6-7-8-9-10-11-12-13-14-15-16-17-18-19-20-21-22-23-24-25-26-28(30,34(31,32)33)27-29(2,3)4/h9-10,18-19,30H,5-8,11-17,20-27H2,1-4H3,(H-,31,32,33)/p+1/b10-9-,19-18-. The first-order chi connectivity index (χ1) is 16.0. The van der Waals surface area contributed by atoms with Gasteiger partial charge in [0.1, 0.15) is 6.54 Å². The summed E-state index contributed by atoms with van der Waals surface area (Å²) in [7, 11) is 0.960. The van der Waals surface area contributed by atoms with E-state index >= 15 is 0 Å². The Kier molecular flexibility index (Phi) is 19.4. The van der Waals surface area contributed by atoms with Crippen LogP contribution in [0, 0.1) is 0 Å². The molecule has 0 aliphatic rings. The lowest BCUT2D eigenvalue weighted by Gasteiger charge is -2.35. The van der Waals surface area contributed by atoms with Crippen LogP contribution in [0.1, 0.15) is 122 Å². The SMILES string of the molecule is CCCCC/C=C\CCCCCCC/C=C\CCCCCCCC(O)(C[N+](C)(C)C)P(=O)(O)O. The number of nitrogens with zero attached hydrogens (tertiary/aromatic N) is 1. The summed E-state index contributed by atoms with van der Waals surface area (Å²) in [4.78, 5) is 19.2. The molecule has 0 saturated heterocycles. The summed E-state index contributed by atoms with van der Waals surface area (Å²) >= 11 is 0. The molecule has 0 bridgehead atoms. The minimum Gasteiger partial charge on any atom is -0.373 e. The van der Waals surface area contributed by atoms with E-state index in [1.54, 1.807) is 0 Å². The average Bonchev–Trinajstić information content (AvgIpc) is 2.73. The molecule has 0 saturated carbocycles. The third kappa shape index (κ3) is 19.8. The van der Waals surface area contributed by atoms with Crippen molar-refractivity contribution in [3.05, 3.63) is 24.3 Å². The van der Waals surface area contributed by atoms with Crippen LogP contribution >= 0.6 is 7.60 Å². The van der Waals surface area contributed by atoms with Crippen molar-refractivity contribution in [2.75, 3.05) is 27.7 Å². The molecule has 0 heterocycles. The molecule has 0 aromatic heterocycles. The van der Waals surface area contributed by atoms with Gasteiger partial charge in [-0.2, -0.15) is 0 Å². The maximum Gasteiger partial charge on any atom is 0.362 e. The molecule has 6 heteroatoms. The average molecular weight is 503 g/mol. The molecule has 0 aromatic carbocycles. The second-order valence-corrected chi connectivity index (χ2v) is 13.0. The van der Waals surface area contributed by atoms with Crippen molar-refractivity contribution in [2.24, 2.45) is 0 Å². The van der Waals surface area contributed by atoms with Gasteiger partial charge in [-0.1, -0.05) is 82.6 Å². The van der Waals surface area contributed by atoms with E-state index in [1.807, 2.05) is 21.1 Å². The van der Waals surface area contributed by atoms with E-state index in [4.69, 9.17) is 0 Å². The number of hydrogen-bond acceptors (Lipinski definition) is 2. The van der Waals surface area contributed by atoms with Crippen LogP contribution in [0.4, 0.5) is 0 Å². The van der Waals surface area contributed by atoms with Crippen molar-refractivity contribution >= 4 is 7.60 Å². The largest absolute Gasteiger partial charge is 0.373 e. The molecule has 0 aliphatic heterocycles. The maximum absolute atomic E-state index is 11.8. The monoisotopic (exact) mass is 502 g/mol. The zero-order valence-corrected chi connectivity index (χ0v) is 23.8. The third-order valence-corrected chi connectivity index (χ3v) is 7.72. The first-order valence-corrected chi connectivity index (χ1v) is 15.5. The minimum atomic E-state index is -4.55. The second-order valence-electron chi connectivity index (χ2n) is 11.1. The highest BCUT2D eigenvalue weighted by Gasteiger charge is 2.48. The highest BCUT2D eigenvalue weighted by atomic mass is 31.2. The highest BCUT2D eigenvalue weighted by Crippen LogP contribution is 2.52. The van der Waals surface area contributed by atoms with E-state index < -0.39 is 12.9 Å². The molecule has 0 aromatic rings. The van der Waals surface area contributed by atoms with Gasteiger partial charge in [0, 0.05) is 0 Å². The van der Waals surface area contributed by atoms with Crippen LogP contribution in [0.2, 0.25) is 0 Å². The van der Waals surface area contributed by atoms with Crippen LogP contribution in [-0.2, 0) is 4.57 Å². The number of allylic oxidation sites excluding steroid dienone is 4. The zero-order valence-electron chi connectivity index (χ0n) is 22.9. The summed E-state index contributed by atoms with van der Waals surface area (Å²) in [5, 5.41) is 8.63. The number of hydrogen-bond donors (Lipinski definition) is 3. The topological polar surface area (TPSA) is 77.8 Å². The Balaban J connectivity index is 3.60. The van der Waals surface area contributed by atoms with Crippen LogP contribution in [0.5, 0.6) is 0 Å². The molecule has 5 nitrogen and oxygen atoms in total. The van der Waals surface area contributed by atoms with Crippen molar-refractivity contribution in [3.8, 4) is 0 Å². The fourth-order valence-electron chi connectivity index (χ4n) is 4.32. The van der Waals surface area contributed by atoms with E-state index in [2.05, 4.69) is 31.2 Å². The van der Waals surface area contributed by atoms with Crippen molar-refractivity contribution in [1.29, 1.82) is 0 Å². The molecule has 1 atom stereocenters. The van der Waals surface area contributed by atoms with E-state index in [9.17, 15) is 19.5 Å². The Labute approximate surface area is 211 Å². The van der Waals surface area contributed by atoms with Gasteiger partial charge < -0.3 is 19.4 Å². The lowest BCUT2D eigenvalue weighted by Crippen LogP contribution is -2.49. The molecule has 1 unspecified atom stereocenters. The van der Waals surface area contributed by atoms with Crippen LogP contribution in [0.15, 0.2) is 24.3 Å². The van der Waals surface area contributed by atoms with Crippen molar-refractivity contribution < 1.29 is 23.9 Å². The smallest absolute Gasteiger partial charge is 0.362 e. The summed E-state index contributed by atoms with van der Waals surface area (Å²) in [5.41, 5.74) is 0. The van der Waals surface area contributed by atoms with E-state index in [0.717, 1.165) is 32.1 Å². The van der Waals surface area contributed by atoms with Gasteiger partial charge >= 0.3 is 7.60 Å². The molecule has 0 fully saturated rings. The predicted octanol–water partition coefficient (Wildman–Crippen LogP) is 7.71. The fourth-order valence-corrected chi connectivity index (χ4v) is 5.37. The molecular weight excluding hydrogens is 445 g/mol. The molecule has 0 aliphatic carbocycles. The van der Waals surface area contributed by atoms with Crippen molar-refractivity contribution in [1.82, 2.24) is 0 Å². The van der Waals surface area contributed by atoms with Gasteiger partial charge in [0.15, 0.2) is 0 Å². The number of quaternary nitrogens is 1. The van der Waals surface area contributed by atoms with Crippen LogP contribution < -0.4 is 0 Å². The van der Waals surface area contributed by atoms with Crippen molar-refractivity contribution in [2.45, 2.75) is 128 Å². The lowest BCUT2D eigenvalue weighted by atomic mass is 10.1. The van der Waals surface area contributed by atoms with Gasteiger partial charge in [-0.3, -0.25) is 4.57 Å². The van der Waals surface area contributed by atoms with Crippen LogP contribution in [-0.4, -0.2) is 52.4 Å². The van der Waals surface area contributed by atoms with Gasteiger partial charge in [-0.25, -0.2) is 0 Å². The Morgan fingerprint density at radius 1 is 0.647 bits per heavy atom. The normalized spacial score (nSPS) is 14.9. The third-order valence-electron chi connectivity index (χ3n) is 6.27. The Hall–Kier alpha value is -0.450. The molecule has 34 heavy (non-hydrogen) atoms. The number of likely N-dealkylation sites (N-methyl/N-ethyl adjacent to an activating group) is 1. The Morgan fingerprint density at radius 2 is 1.00 bits per heavy atom. The Morgan fingerprint density at radius 3 is 1.35 bits per heavy atom. The fraction of sp³-hybridized carbons (Fsp3) is 0.857. The first kappa shape index (κ1) is 33.5. The van der Waals surface area contributed by atoms with Crippen LogP contribution in [0.25, 0.3) is 0 Å². The summed E-state index contributed by atoms with van der Waals surface area (Å²) in [6.07, 6.45) is 29.8. The molecule has 0 radical (unpaired) electrons. The van der Waals surface area contributed by atoms with Gasteiger partial charge in [-0.15, -0.1) is 0 Å². The zero-order chi connectivity index (χ0) is 25.8. The molecule has 0 spiro atoms.